The molecular weight excluding hydrogens is 476 g/mol. The van der Waals surface area contributed by atoms with Crippen molar-refractivity contribution in [1.82, 2.24) is 24.1 Å². The van der Waals surface area contributed by atoms with Crippen molar-refractivity contribution in [1.29, 1.82) is 0 Å². The van der Waals surface area contributed by atoms with Crippen molar-refractivity contribution in [3.05, 3.63) is 58.4 Å². The maximum atomic E-state index is 13.7. The van der Waals surface area contributed by atoms with E-state index in [0.29, 0.717) is 61.0 Å². The van der Waals surface area contributed by atoms with Crippen LogP contribution in [0.3, 0.4) is 0 Å². The van der Waals surface area contributed by atoms with Crippen LogP contribution in [0, 0.1) is 0 Å². The molecule has 0 aliphatic carbocycles. The van der Waals surface area contributed by atoms with Crippen LogP contribution in [0.1, 0.15) is 23.9 Å². The summed E-state index contributed by atoms with van der Waals surface area (Å²) in [4.78, 5) is 25.3. The van der Waals surface area contributed by atoms with Gasteiger partial charge in [-0.3, -0.25) is 9.36 Å². The van der Waals surface area contributed by atoms with Gasteiger partial charge >= 0.3 is 0 Å². The Morgan fingerprint density at radius 2 is 2.05 bits per heavy atom. The van der Waals surface area contributed by atoms with Gasteiger partial charge in [-0.1, -0.05) is 0 Å². The van der Waals surface area contributed by atoms with E-state index >= 15 is 0 Å². The molecule has 0 N–H and O–H groups in total. The van der Waals surface area contributed by atoms with Gasteiger partial charge in [-0.25, -0.2) is 14.5 Å². The van der Waals surface area contributed by atoms with Gasteiger partial charge in [-0.05, 0) is 30.2 Å². The van der Waals surface area contributed by atoms with Crippen LogP contribution < -0.4 is 15.2 Å². The summed E-state index contributed by atoms with van der Waals surface area (Å²) in [6.45, 7) is 3.83. The Morgan fingerprint density at radius 1 is 1.16 bits per heavy atom. The summed E-state index contributed by atoms with van der Waals surface area (Å²) in [5, 5.41) is 4.94. The lowest BCUT2D eigenvalue weighted by molar-refractivity contribution is -0.0604. The van der Waals surface area contributed by atoms with Gasteiger partial charge in [0.25, 0.3) is 5.56 Å². The average Bonchev–Trinajstić information content (AvgIpc) is 3.30. The molecule has 194 valence electrons. The van der Waals surface area contributed by atoms with E-state index in [1.54, 1.807) is 35.6 Å². The fourth-order valence-corrected chi connectivity index (χ4v) is 4.93. The Kier molecular flexibility index (Phi) is 6.49. The number of anilines is 1. The predicted molar refractivity (Wildman–Crippen MR) is 136 cm³/mol. The minimum absolute atomic E-state index is 0.0193. The molecule has 0 radical (unpaired) electrons. The van der Waals surface area contributed by atoms with E-state index in [2.05, 4.69) is 15.0 Å². The van der Waals surface area contributed by atoms with Crippen LogP contribution in [0.25, 0.3) is 16.6 Å². The number of benzene rings is 1. The van der Waals surface area contributed by atoms with E-state index in [4.69, 9.17) is 23.9 Å². The third kappa shape index (κ3) is 4.65. The highest BCUT2D eigenvalue weighted by atomic mass is 16.5. The maximum absolute atomic E-state index is 13.7. The molecule has 37 heavy (non-hydrogen) atoms. The molecule has 0 spiro atoms. The van der Waals surface area contributed by atoms with Crippen LogP contribution in [-0.2, 0) is 27.2 Å². The first kappa shape index (κ1) is 23.8. The number of rotatable bonds is 8. The molecule has 2 aliphatic rings. The van der Waals surface area contributed by atoms with Gasteiger partial charge < -0.3 is 23.8 Å². The summed E-state index contributed by atoms with van der Waals surface area (Å²) in [7, 11) is 3.26. The summed E-state index contributed by atoms with van der Waals surface area (Å²) in [6.07, 6.45) is 5.01. The Balaban J connectivity index is 1.30. The third-order valence-corrected chi connectivity index (χ3v) is 6.99. The Morgan fingerprint density at radius 3 is 2.84 bits per heavy atom. The molecule has 0 unspecified atom stereocenters. The van der Waals surface area contributed by atoms with Crippen molar-refractivity contribution < 1.29 is 18.9 Å². The van der Waals surface area contributed by atoms with Gasteiger partial charge in [-0.15, -0.1) is 5.10 Å². The van der Waals surface area contributed by atoms with Gasteiger partial charge in [0, 0.05) is 57.3 Å². The van der Waals surface area contributed by atoms with Crippen LogP contribution >= 0.6 is 0 Å². The molecule has 2 aliphatic heterocycles. The zero-order valence-electron chi connectivity index (χ0n) is 21.0. The molecule has 1 aromatic carbocycles. The van der Waals surface area contributed by atoms with E-state index in [1.165, 1.54) is 0 Å². The topological polar surface area (TPSA) is 105 Å². The summed E-state index contributed by atoms with van der Waals surface area (Å²) in [5.74, 6) is 1.18. The van der Waals surface area contributed by atoms with Crippen LogP contribution in [0.15, 0.2) is 41.5 Å². The molecule has 2 fully saturated rings. The predicted octanol–water partition coefficient (Wildman–Crippen LogP) is 2.00. The van der Waals surface area contributed by atoms with E-state index < -0.39 is 0 Å². The Labute approximate surface area is 213 Å². The number of nitrogens with zero attached hydrogens (tertiary/aromatic N) is 6. The highest BCUT2D eigenvalue weighted by Gasteiger charge is 2.27. The highest BCUT2D eigenvalue weighted by molar-refractivity contribution is 5.81. The normalized spacial score (nSPS) is 19.9. The number of fused-ring (bicyclic) bond motifs is 2. The van der Waals surface area contributed by atoms with E-state index in [1.807, 2.05) is 24.4 Å². The Hall–Kier alpha value is -3.54. The smallest absolute Gasteiger partial charge is 0.261 e. The quantitative estimate of drug-likeness (QED) is 0.355. The second kappa shape index (κ2) is 10.1. The minimum atomic E-state index is -0.175. The second-order valence-electron chi connectivity index (χ2n) is 9.37. The molecule has 6 rings (SSSR count). The standard InChI is InChI=1S/C26H30N6O5/c1-34-16-19-15-30(8-10-36-19)18-3-4-20-21(11-18)28-25(22-6-9-37-22)31(26(20)33)7-5-17-13-27-23-12-24(35-2)29-32(23)14-17/h3-4,11-14,19,22H,5-10,15-16H2,1-2H3/t19-,22+/m1/s1. The lowest BCUT2D eigenvalue weighted by Gasteiger charge is -2.34. The molecule has 3 aromatic heterocycles. The maximum Gasteiger partial charge on any atom is 0.261 e. The zero-order chi connectivity index (χ0) is 25.4. The Bertz CT molecular complexity index is 1480. The van der Waals surface area contributed by atoms with Crippen molar-refractivity contribution in [2.45, 2.75) is 31.6 Å². The van der Waals surface area contributed by atoms with Crippen LogP contribution in [0.2, 0.25) is 0 Å². The van der Waals surface area contributed by atoms with Crippen molar-refractivity contribution in [3.8, 4) is 5.88 Å². The van der Waals surface area contributed by atoms with Gasteiger partial charge in [0.05, 0.1) is 43.9 Å². The molecule has 2 saturated heterocycles. The lowest BCUT2D eigenvalue weighted by atomic mass is 10.1. The fraction of sp³-hybridized carbons (Fsp3) is 0.462. The first-order valence-electron chi connectivity index (χ1n) is 12.5. The number of aryl methyl sites for hydroxylation is 1. The number of methoxy groups -OCH3 is 2. The summed E-state index contributed by atoms with van der Waals surface area (Å²) in [6, 6.07) is 7.65. The number of aromatic nitrogens is 5. The molecule has 2 atom stereocenters. The summed E-state index contributed by atoms with van der Waals surface area (Å²) >= 11 is 0. The van der Waals surface area contributed by atoms with Gasteiger partial charge in [0.2, 0.25) is 5.88 Å². The lowest BCUT2D eigenvalue weighted by Crippen LogP contribution is -2.44. The van der Waals surface area contributed by atoms with Crippen LogP contribution in [0.5, 0.6) is 5.88 Å². The molecule has 5 heterocycles. The summed E-state index contributed by atoms with van der Waals surface area (Å²) in [5.41, 5.74) is 3.32. The largest absolute Gasteiger partial charge is 0.480 e. The highest BCUT2D eigenvalue weighted by Crippen LogP contribution is 2.29. The van der Waals surface area contributed by atoms with E-state index in [9.17, 15) is 4.79 Å². The van der Waals surface area contributed by atoms with Crippen LogP contribution in [0.4, 0.5) is 5.69 Å². The zero-order valence-corrected chi connectivity index (χ0v) is 21.0. The molecule has 0 saturated carbocycles. The van der Waals surface area contributed by atoms with Crippen molar-refractivity contribution in [2.75, 3.05) is 52.0 Å². The first-order valence-corrected chi connectivity index (χ1v) is 12.5. The molecule has 11 nitrogen and oxygen atoms in total. The van der Waals surface area contributed by atoms with Crippen molar-refractivity contribution in [2.24, 2.45) is 0 Å². The SMILES string of the molecule is COC[C@H]1CN(c2ccc3c(=O)n(CCc4cnc5cc(OC)nn5c4)c([C@@H]4CCO4)nc3c2)CCO1. The molecule has 0 bridgehead atoms. The molecular formula is C26H30N6O5. The van der Waals surface area contributed by atoms with Crippen molar-refractivity contribution >= 4 is 22.2 Å². The van der Waals surface area contributed by atoms with Gasteiger partial charge in [0.1, 0.15) is 11.9 Å². The van der Waals surface area contributed by atoms with E-state index in [-0.39, 0.29) is 17.8 Å². The molecule has 0 amide bonds. The summed E-state index contributed by atoms with van der Waals surface area (Å²) < 4.78 is 25.5. The number of hydrogen-bond acceptors (Lipinski definition) is 9. The van der Waals surface area contributed by atoms with Gasteiger partial charge in [-0.2, -0.15) is 0 Å². The van der Waals surface area contributed by atoms with E-state index in [0.717, 1.165) is 30.8 Å². The average molecular weight is 507 g/mol. The third-order valence-electron chi connectivity index (χ3n) is 6.99. The molecule has 11 heteroatoms. The van der Waals surface area contributed by atoms with Gasteiger partial charge in [0.15, 0.2) is 5.65 Å². The number of ether oxygens (including phenoxy) is 4. The first-order chi connectivity index (χ1) is 18.1. The second-order valence-corrected chi connectivity index (χ2v) is 9.37. The number of hydrogen-bond donors (Lipinski definition) is 0. The number of morpholine rings is 1. The van der Waals surface area contributed by atoms with Crippen LogP contribution in [-0.4, -0.2) is 77.4 Å². The monoisotopic (exact) mass is 506 g/mol. The minimum Gasteiger partial charge on any atom is -0.480 e. The van der Waals surface area contributed by atoms with Crippen molar-refractivity contribution in [3.63, 3.8) is 0 Å². The molecule has 4 aromatic rings. The fourth-order valence-electron chi connectivity index (χ4n) is 4.93.